The summed E-state index contributed by atoms with van der Waals surface area (Å²) in [4.78, 5) is 31.8. The first-order valence-electron chi connectivity index (χ1n) is 13.6. The van der Waals surface area contributed by atoms with Crippen LogP contribution in [0.25, 0.3) is 11.3 Å². The Balaban J connectivity index is 1.79. The van der Waals surface area contributed by atoms with Gasteiger partial charge in [0.1, 0.15) is 11.6 Å². The first kappa shape index (κ1) is 30.7. The van der Waals surface area contributed by atoms with E-state index in [1.807, 2.05) is 61.7 Å². The Bertz CT molecular complexity index is 1430. The van der Waals surface area contributed by atoms with Crippen molar-refractivity contribution < 1.29 is 33.3 Å². The molecule has 1 aromatic heterocycles. The van der Waals surface area contributed by atoms with E-state index in [9.17, 15) is 9.59 Å². The molecule has 0 saturated heterocycles. The van der Waals surface area contributed by atoms with Crippen LogP contribution in [0.3, 0.4) is 0 Å². The predicted molar refractivity (Wildman–Crippen MR) is 161 cm³/mol. The number of hydrogen-bond acceptors (Lipinski definition) is 11. The predicted octanol–water partition coefficient (Wildman–Crippen LogP) is 5.37. The lowest BCUT2D eigenvalue weighted by atomic mass is 9.71. The van der Waals surface area contributed by atoms with Crippen molar-refractivity contribution >= 4 is 28.4 Å². The number of nitrogens with one attached hydrogen (secondary N) is 2. The molecule has 0 fully saturated rings. The highest BCUT2D eigenvalue weighted by Gasteiger charge is 2.53. The minimum atomic E-state index is -1.09. The number of carbonyl (C=O) groups is 2. The Morgan fingerprint density at radius 1 is 1.00 bits per heavy atom. The van der Waals surface area contributed by atoms with Gasteiger partial charge in [0, 0.05) is 22.6 Å². The van der Waals surface area contributed by atoms with Crippen LogP contribution >= 0.6 is 11.3 Å². The van der Waals surface area contributed by atoms with E-state index in [0.29, 0.717) is 39.3 Å². The van der Waals surface area contributed by atoms with Crippen LogP contribution in [0.1, 0.15) is 39.2 Å². The molecule has 1 aliphatic heterocycles. The van der Waals surface area contributed by atoms with Crippen molar-refractivity contribution in [1.29, 1.82) is 0 Å². The summed E-state index contributed by atoms with van der Waals surface area (Å²) < 4.78 is 27.5. The zero-order valence-corrected chi connectivity index (χ0v) is 25.7. The number of methoxy groups -OCH3 is 3. The Hall–Kier alpha value is -4.25. The molecule has 0 bridgehead atoms. The summed E-state index contributed by atoms with van der Waals surface area (Å²) in [6.45, 7) is 7.59. The zero-order valence-electron chi connectivity index (χ0n) is 24.9. The molecular formula is C31H37N3O7S. The van der Waals surface area contributed by atoms with E-state index in [1.54, 1.807) is 35.2 Å². The summed E-state index contributed by atoms with van der Waals surface area (Å²) in [6, 6.07) is 13.1. The van der Waals surface area contributed by atoms with Crippen LogP contribution in [0.5, 0.6) is 17.2 Å². The van der Waals surface area contributed by atoms with Gasteiger partial charge in [-0.05, 0) is 45.4 Å². The van der Waals surface area contributed by atoms with E-state index in [-0.39, 0.29) is 13.2 Å². The molecule has 0 amide bonds. The van der Waals surface area contributed by atoms with Crippen molar-refractivity contribution in [2.45, 2.75) is 39.3 Å². The second-order valence-corrected chi connectivity index (χ2v) is 10.6. The molecule has 2 heterocycles. The summed E-state index contributed by atoms with van der Waals surface area (Å²) in [7, 11) is 4.67. The first-order chi connectivity index (χ1) is 20.2. The number of nitrogens with zero attached hydrogens (tertiary/aromatic N) is 1. The maximum atomic E-state index is 13.7. The molecule has 42 heavy (non-hydrogen) atoms. The minimum absolute atomic E-state index is 0.187. The molecule has 3 atom stereocenters. The minimum Gasteiger partial charge on any atom is -0.493 e. The smallest absolute Gasteiger partial charge is 0.336 e. The topological polar surface area (TPSA) is 117 Å². The Kier molecular flexibility index (Phi) is 9.62. The SMILES string of the molecule is CCOC(=O)C1=C(C)NC(C)(Nc2nc(-c3cc(OC)c(OC)c(OC)c3)cs2)C(C(=O)OCC)C1c1ccccc1. The summed E-state index contributed by atoms with van der Waals surface area (Å²) >= 11 is 1.38. The number of thiazole rings is 1. The number of benzene rings is 2. The van der Waals surface area contributed by atoms with Crippen molar-refractivity contribution in [3.05, 3.63) is 64.7 Å². The van der Waals surface area contributed by atoms with Gasteiger partial charge in [0.2, 0.25) is 5.75 Å². The largest absolute Gasteiger partial charge is 0.493 e. The van der Waals surface area contributed by atoms with Gasteiger partial charge in [-0.3, -0.25) is 4.79 Å². The van der Waals surface area contributed by atoms with Gasteiger partial charge >= 0.3 is 11.9 Å². The van der Waals surface area contributed by atoms with Crippen molar-refractivity contribution in [1.82, 2.24) is 10.3 Å². The van der Waals surface area contributed by atoms with Gasteiger partial charge in [-0.15, -0.1) is 11.3 Å². The van der Waals surface area contributed by atoms with Crippen LogP contribution in [0.4, 0.5) is 5.13 Å². The van der Waals surface area contributed by atoms with E-state index in [0.717, 1.165) is 11.1 Å². The number of hydrogen-bond donors (Lipinski definition) is 2. The van der Waals surface area contributed by atoms with E-state index < -0.39 is 29.4 Å². The highest BCUT2D eigenvalue weighted by Crippen LogP contribution is 2.46. The molecule has 4 rings (SSSR count). The van der Waals surface area contributed by atoms with Crippen LogP contribution in [0.15, 0.2) is 59.1 Å². The number of carbonyl (C=O) groups excluding carboxylic acids is 2. The van der Waals surface area contributed by atoms with Crippen LogP contribution in [0, 0.1) is 5.92 Å². The molecule has 3 unspecified atom stereocenters. The van der Waals surface area contributed by atoms with E-state index >= 15 is 0 Å². The van der Waals surface area contributed by atoms with Gasteiger partial charge in [-0.25, -0.2) is 9.78 Å². The molecule has 2 aromatic carbocycles. The lowest BCUT2D eigenvalue weighted by Gasteiger charge is -2.46. The Labute approximate surface area is 250 Å². The number of allylic oxidation sites excluding steroid dienone is 1. The van der Waals surface area contributed by atoms with Gasteiger partial charge in [0.15, 0.2) is 16.6 Å². The molecule has 1 aliphatic rings. The molecular weight excluding hydrogens is 558 g/mol. The third-order valence-electron chi connectivity index (χ3n) is 7.14. The summed E-state index contributed by atoms with van der Waals surface area (Å²) in [5, 5.41) is 9.31. The third kappa shape index (κ3) is 6.01. The molecule has 224 valence electrons. The summed E-state index contributed by atoms with van der Waals surface area (Å²) in [5.41, 5.74) is 2.13. The highest BCUT2D eigenvalue weighted by atomic mass is 32.1. The molecule has 0 saturated carbocycles. The Morgan fingerprint density at radius 2 is 1.64 bits per heavy atom. The normalized spacial score (nSPS) is 19.9. The second-order valence-electron chi connectivity index (χ2n) is 9.78. The van der Waals surface area contributed by atoms with Gasteiger partial charge < -0.3 is 34.3 Å². The molecule has 10 nitrogen and oxygen atoms in total. The monoisotopic (exact) mass is 595 g/mol. The molecule has 0 radical (unpaired) electrons. The molecule has 0 aliphatic carbocycles. The third-order valence-corrected chi connectivity index (χ3v) is 7.90. The standard InChI is InChI=1S/C31H37N3O7S/c1-8-40-28(35)24-18(3)33-31(4,26(29(36)41-9-2)25(24)19-13-11-10-12-14-19)34-30-32-21(17-42-30)20-15-22(37-5)27(39-7)23(16-20)38-6/h10-17,25-26,33H,8-9H2,1-7H3,(H,32,34). The fourth-order valence-corrected chi connectivity index (χ4v) is 6.24. The second kappa shape index (κ2) is 13.2. The maximum absolute atomic E-state index is 13.7. The van der Waals surface area contributed by atoms with Gasteiger partial charge in [0.25, 0.3) is 0 Å². The van der Waals surface area contributed by atoms with Gasteiger partial charge in [-0.1, -0.05) is 30.3 Å². The lowest BCUT2D eigenvalue weighted by molar-refractivity contribution is -0.152. The van der Waals surface area contributed by atoms with Crippen LogP contribution in [0.2, 0.25) is 0 Å². The number of esters is 2. The van der Waals surface area contributed by atoms with Crippen molar-refractivity contribution in [3.63, 3.8) is 0 Å². The molecule has 3 aromatic rings. The molecule has 2 N–H and O–H groups in total. The van der Waals surface area contributed by atoms with Gasteiger partial charge in [0.05, 0.1) is 45.8 Å². The maximum Gasteiger partial charge on any atom is 0.336 e. The molecule has 0 spiro atoms. The van der Waals surface area contributed by atoms with Crippen molar-refractivity contribution in [3.8, 4) is 28.5 Å². The number of aromatic nitrogens is 1. The van der Waals surface area contributed by atoms with Gasteiger partial charge in [-0.2, -0.15) is 0 Å². The highest BCUT2D eigenvalue weighted by molar-refractivity contribution is 7.14. The van der Waals surface area contributed by atoms with Crippen molar-refractivity contribution in [2.24, 2.45) is 5.92 Å². The van der Waals surface area contributed by atoms with Crippen molar-refractivity contribution in [2.75, 3.05) is 39.9 Å². The quantitative estimate of drug-likeness (QED) is 0.280. The van der Waals surface area contributed by atoms with Crippen LogP contribution in [-0.2, 0) is 19.1 Å². The number of anilines is 1. The van der Waals surface area contributed by atoms with E-state index in [1.165, 1.54) is 11.3 Å². The fraction of sp³-hybridized carbons (Fsp3) is 0.387. The Morgan fingerprint density at radius 3 is 2.21 bits per heavy atom. The lowest BCUT2D eigenvalue weighted by Crippen LogP contribution is -2.62. The average Bonchev–Trinajstić information content (AvgIpc) is 3.44. The zero-order chi connectivity index (χ0) is 30.4. The first-order valence-corrected chi connectivity index (χ1v) is 14.5. The molecule has 11 heteroatoms. The number of ether oxygens (including phenoxy) is 5. The summed E-state index contributed by atoms with van der Waals surface area (Å²) in [6.07, 6.45) is 0. The number of rotatable bonds is 11. The van der Waals surface area contributed by atoms with Crippen LogP contribution in [-0.4, -0.2) is 57.1 Å². The van der Waals surface area contributed by atoms with E-state index in [4.69, 9.17) is 28.7 Å². The van der Waals surface area contributed by atoms with E-state index in [2.05, 4.69) is 10.6 Å². The summed E-state index contributed by atoms with van der Waals surface area (Å²) in [5.74, 6) is -0.920. The average molecular weight is 596 g/mol. The van der Waals surface area contributed by atoms with Crippen LogP contribution < -0.4 is 24.8 Å². The fourth-order valence-electron chi connectivity index (χ4n) is 5.40.